The van der Waals surface area contributed by atoms with Crippen LogP contribution < -0.4 is 15.2 Å². The fourth-order valence-electron chi connectivity index (χ4n) is 4.55. The van der Waals surface area contributed by atoms with E-state index in [0.717, 1.165) is 29.5 Å². The van der Waals surface area contributed by atoms with Crippen molar-refractivity contribution < 1.29 is 24.5 Å². The van der Waals surface area contributed by atoms with Crippen LogP contribution in [-0.4, -0.2) is 33.7 Å². The molecule has 0 spiro atoms. The minimum absolute atomic E-state index is 0.114. The summed E-state index contributed by atoms with van der Waals surface area (Å²) in [5.74, 6) is 1.07. The number of aliphatic hydroxyl groups excluding tert-OH is 1. The molecule has 7 nitrogen and oxygen atoms in total. The number of pyridine rings is 1. The molecule has 7 heteroatoms. The molecule has 2 heterocycles. The van der Waals surface area contributed by atoms with Gasteiger partial charge in [0.25, 0.3) is 0 Å². The van der Waals surface area contributed by atoms with Gasteiger partial charge in [-0.1, -0.05) is 42.0 Å². The predicted molar refractivity (Wildman–Crippen MR) is 141 cm³/mol. The van der Waals surface area contributed by atoms with Crippen molar-refractivity contribution >= 4 is 5.78 Å². The van der Waals surface area contributed by atoms with Crippen LogP contribution in [0, 0.1) is 6.92 Å². The van der Waals surface area contributed by atoms with Crippen LogP contribution in [0.2, 0.25) is 0 Å². The zero-order valence-corrected chi connectivity index (χ0v) is 21.6. The number of hydrogen-bond acceptors (Lipinski definition) is 7. The van der Waals surface area contributed by atoms with Crippen molar-refractivity contribution in [2.45, 2.75) is 70.3 Å². The second-order valence-electron chi connectivity index (χ2n) is 10.8. The molecule has 37 heavy (non-hydrogen) atoms. The predicted octanol–water partition coefficient (Wildman–Crippen LogP) is 4.53. The Morgan fingerprint density at radius 1 is 1.22 bits per heavy atom. The molecule has 0 bridgehead atoms. The first kappa shape index (κ1) is 25.4. The molecule has 1 fully saturated rings. The molecule has 2 aliphatic rings. The van der Waals surface area contributed by atoms with E-state index >= 15 is 0 Å². The lowest BCUT2D eigenvalue weighted by atomic mass is 9.88. The molecule has 2 unspecified atom stereocenters. The first-order valence-electron chi connectivity index (χ1n) is 12.8. The van der Waals surface area contributed by atoms with Crippen LogP contribution in [0.15, 0.2) is 48.5 Å². The molecule has 0 radical (unpaired) electrons. The maximum Gasteiger partial charge on any atom is 0.163 e. The average molecular weight is 503 g/mol. The summed E-state index contributed by atoms with van der Waals surface area (Å²) in [4.78, 5) is 17.9. The van der Waals surface area contributed by atoms with E-state index in [2.05, 4.69) is 0 Å². The number of nitrogens with zero attached hydrogens (tertiary/aromatic N) is 1. The van der Waals surface area contributed by atoms with Gasteiger partial charge in [0, 0.05) is 28.7 Å². The summed E-state index contributed by atoms with van der Waals surface area (Å²) in [5, 5.41) is 21.1. The highest BCUT2D eigenvalue weighted by atomic mass is 16.5. The van der Waals surface area contributed by atoms with E-state index in [1.165, 1.54) is 0 Å². The number of hydrogen-bond donors (Lipinski definition) is 3. The summed E-state index contributed by atoms with van der Waals surface area (Å²) in [6.45, 7) is 5.77. The summed E-state index contributed by atoms with van der Waals surface area (Å²) < 4.78 is 11.8. The molecule has 0 amide bonds. The van der Waals surface area contributed by atoms with E-state index in [-0.39, 0.29) is 31.3 Å². The summed E-state index contributed by atoms with van der Waals surface area (Å²) >= 11 is 0. The lowest BCUT2D eigenvalue weighted by Crippen LogP contribution is -2.35. The van der Waals surface area contributed by atoms with Gasteiger partial charge < -0.3 is 25.4 Å². The molecule has 5 rings (SSSR count). The van der Waals surface area contributed by atoms with Crippen molar-refractivity contribution in [3.63, 3.8) is 0 Å². The summed E-state index contributed by atoms with van der Waals surface area (Å²) in [6.07, 6.45) is 2.41. The number of ketones is 1. The third-order valence-corrected chi connectivity index (χ3v) is 7.20. The third-order valence-electron chi connectivity index (χ3n) is 7.20. The highest BCUT2D eigenvalue weighted by Crippen LogP contribution is 2.44. The van der Waals surface area contributed by atoms with Gasteiger partial charge in [-0.3, -0.25) is 4.79 Å². The average Bonchev–Trinajstić information content (AvgIpc) is 3.64. The van der Waals surface area contributed by atoms with Crippen molar-refractivity contribution in [3.8, 4) is 22.8 Å². The minimum Gasteiger partial charge on any atom is -0.490 e. The molecular weight excluding hydrogens is 468 g/mol. The molecule has 2 atom stereocenters. The Morgan fingerprint density at radius 2 is 1.95 bits per heavy atom. The summed E-state index contributed by atoms with van der Waals surface area (Å²) in [5.41, 5.74) is 9.47. The van der Waals surface area contributed by atoms with Gasteiger partial charge >= 0.3 is 0 Å². The molecule has 1 aromatic heterocycles. The van der Waals surface area contributed by atoms with Gasteiger partial charge in [-0.15, -0.1) is 0 Å². The maximum absolute atomic E-state index is 13.1. The van der Waals surface area contributed by atoms with E-state index in [0.29, 0.717) is 40.6 Å². The van der Waals surface area contributed by atoms with Crippen LogP contribution in [0.5, 0.6) is 11.5 Å². The third kappa shape index (κ3) is 5.25. The lowest BCUT2D eigenvalue weighted by Gasteiger charge is -2.25. The lowest BCUT2D eigenvalue weighted by molar-refractivity contribution is 0.0396. The van der Waals surface area contributed by atoms with Crippen molar-refractivity contribution in [3.05, 3.63) is 76.5 Å². The monoisotopic (exact) mass is 502 g/mol. The molecule has 194 valence electrons. The topological polar surface area (TPSA) is 115 Å². The molecule has 1 aliphatic carbocycles. The number of fused-ring (bicyclic) bond motifs is 1. The fourth-order valence-corrected chi connectivity index (χ4v) is 4.55. The van der Waals surface area contributed by atoms with Crippen molar-refractivity contribution in [2.24, 2.45) is 5.73 Å². The van der Waals surface area contributed by atoms with E-state index < -0.39 is 11.1 Å². The van der Waals surface area contributed by atoms with E-state index in [4.69, 9.17) is 20.2 Å². The van der Waals surface area contributed by atoms with Gasteiger partial charge in [0.05, 0.1) is 23.9 Å². The largest absolute Gasteiger partial charge is 0.490 e. The summed E-state index contributed by atoms with van der Waals surface area (Å²) in [7, 11) is 0. The number of aromatic nitrogens is 1. The highest BCUT2D eigenvalue weighted by Gasteiger charge is 2.38. The van der Waals surface area contributed by atoms with E-state index in [9.17, 15) is 15.0 Å². The number of rotatable bonds is 9. The van der Waals surface area contributed by atoms with Crippen LogP contribution in [0.1, 0.15) is 72.3 Å². The van der Waals surface area contributed by atoms with Crippen molar-refractivity contribution in [2.75, 3.05) is 6.61 Å². The Labute approximate surface area is 217 Å². The quantitative estimate of drug-likeness (QED) is 0.368. The number of benzene rings is 2. The van der Waals surface area contributed by atoms with E-state index in [1.54, 1.807) is 25.1 Å². The molecular formula is C30H34N2O5. The molecule has 0 saturated heterocycles. The molecule has 1 saturated carbocycles. The Morgan fingerprint density at radius 3 is 2.62 bits per heavy atom. The van der Waals surface area contributed by atoms with E-state index in [1.807, 2.05) is 44.2 Å². The fraction of sp³-hybridized carbons (Fsp3) is 0.400. The van der Waals surface area contributed by atoms with Gasteiger partial charge in [-0.25, -0.2) is 4.98 Å². The number of aliphatic hydroxyl groups is 2. The zero-order chi connectivity index (χ0) is 26.4. The highest BCUT2D eigenvalue weighted by molar-refractivity contribution is 5.96. The number of Topliss-reactive ketones (excluding diaryl/α,β-unsaturated/α-hetero) is 1. The molecule has 2 aromatic carbocycles. The second-order valence-corrected chi connectivity index (χ2v) is 10.8. The number of carbonyl (C=O) groups excluding carboxylic acids is 1. The Kier molecular flexibility index (Phi) is 6.56. The minimum atomic E-state index is -1.37. The van der Waals surface area contributed by atoms with Crippen LogP contribution in [0.25, 0.3) is 11.3 Å². The van der Waals surface area contributed by atoms with Gasteiger partial charge in [0.1, 0.15) is 23.7 Å². The van der Waals surface area contributed by atoms with Crippen LogP contribution in [0.3, 0.4) is 0 Å². The van der Waals surface area contributed by atoms with Crippen molar-refractivity contribution in [1.82, 2.24) is 4.98 Å². The number of carbonyl (C=O) groups is 1. The smallest absolute Gasteiger partial charge is 0.163 e. The van der Waals surface area contributed by atoms with Gasteiger partial charge in [0.2, 0.25) is 0 Å². The van der Waals surface area contributed by atoms with Crippen LogP contribution in [-0.2, 0) is 17.7 Å². The van der Waals surface area contributed by atoms with Gasteiger partial charge in [-0.05, 0) is 52.2 Å². The van der Waals surface area contributed by atoms with Crippen LogP contribution >= 0.6 is 0 Å². The zero-order valence-electron chi connectivity index (χ0n) is 21.6. The summed E-state index contributed by atoms with van der Waals surface area (Å²) in [6, 6.07) is 14.9. The SMILES string of the molecule is Cc1ccc(-c2nc(C(C)(O)CCC(=O)c3ccc(CO)c(OC4CC4)c3)cc3c2OCC3(C)N)cc1. The van der Waals surface area contributed by atoms with Gasteiger partial charge in [-0.2, -0.15) is 0 Å². The Balaban J connectivity index is 1.41. The second kappa shape index (κ2) is 9.56. The molecule has 1 aliphatic heterocycles. The normalized spacial score (nSPS) is 20.2. The van der Waals surface area contributed by atoms with Crippen molar-refractivity contribution in [1.29, 1.82) is 0 Å². The van der Waals surface area contributed by atoms with Gasteiger partial charge in [0.15, 0.2) is 11.5 Å². The maximum atomic E-state index is 13.1. The standard InChI is InChI=1S/C30H34N2O5/c1-18-4-6-19(7-5-18)27-28-23(29(2,31)17-36-28)15-26(32-27)30(3,35)13-12-24(34)20-8-9-21(16-33)25(14-20)37-22-10-11-22/h4-9,14-15,22,33,35H,10-13,16-17,31H2,1-3H3. The Hall–Kier alpha value is -3.26. The number of aryl methyl sites for hydroxylation is 1. The first-order valence-corrected chi connectivity index (χ1v) is 12.8. The molecule has 4 N–H and O–H groups in total. The number of ether oxygens (including phenoxy) is 2. The van der Waals surface area contributed by atoms with Crippen LogP contribution in [0.4, 0.5) is 0 Å². The molecule has 3 aromatic rings. The Bertz CT molecular complexity index is 1330. The number of nitrogens with two attached hydrogens (primary N) is 1. The first-order chi connectivity index (χ1) is 17.6.